The van der Waals surface area contributed by atoms with E-state index < -0.39 is 11.8 Å². The molecule has 2 aromatic rings. The van der Waals surface area contributed by atoms with E-state index in [1.54, 1.807) is 24.3 Å². The first-order valence-electron chi connectivity index (χ1n) is 6.75. The van der Waals surface area contributed by atoms with Gasteiger partial charge in [0, 0.05) is 5.69 Å². The summed E-state index contributed by atoms with van der Waals surface area (Å²) in [6, 6.07) is 16.2. The highest BCUT2D eigenvalue weighted by molar-refractivity contribution is 6.53. The molecule has 0 saturated heterocycles. The summed E-state index contributed by atoms with van der Waals surface area (Å²) in [5.41, 5.74) is 2.34. The molecule has 3 rings (SSSR count). The molecule has 110 valence electrons. The Kier molecular flexibility index (Phi) is 3.69. The first kappa shape index (κ1) is 14.4. The number of carbonyl (C=O) groups is 2. The van der Waals surface area contributed by atoms with Gasteiger partial charge in [0.1, 0.15) is 10.7 Å². The predicted molar refractivity (Wildman–Crippen MR) is 86.6 cm³/mol. The number of aryl methyl sites for hydroxylation is 1. The van der Waals surface area contributed by atoms with Crippen LogP contribution in [-0.4, -0.2) is 11.8 Å². The van der Waals surface area contributed by atoms with Crippen molar-refractivity contribution in [1.29, 1.82) is 0 Å². The molecule has 0 radical (unpaired) electrons. The van der Waals surface area contributed by atoms with Crippen LogP contribution in [0.5, 0.6) is 0 Å². The molecule has 2 aromatic carbocycles. The Hall–Kier alpha value is -2.59. The van der Waals surface area contributed by atoms with Crippen molar-refractivity contribution in [1.82, 2.24) is 0 Å². The zero-order chi connectivity index (χ0) is 15.7. The topological polar surface area (TPSA) is 49.4 Å². The number of amides is 2. The number of benzene rings is 2. The second kappa shape index (κ2) is 5.66. The van der Waals surface area contributed by atoms with Crippen LogP contribution in [0.1, 0.15) is 5.56 Å². The van der Waals surface area contributed by atoms with Gasteiger partial charge in [0.05, 0.1) is 5.69 Å². The molecule has 2 amide bonds. The Bertz CT molecular complexity index is 767. The number of hydrogen-bond donors (Lipinski definition) is 1. The van der Waals surface area contributed by atoms with Gasteiger partial charge in [-0.15, -0.1) is 0 Å². The minimum Gasteiger partial charge on any atom is -0.350 e. The van der Waals surface area contributed by atoms with E-state index >= 15 is 0 Å². The zero-order valence-corrected chi connectivity index (χ0v) is 12.6. The summed E-state index contributed by atoms with van der Waals surface area (Å²) in [7, 11) is 0. The average molecular weight is 313 g/mol. The lowest BCUT2D eigenvalue weighted by atomic mass is 10.2. The van der Waals surface area contributed by atoms with E-state index in [0.717, 1.165) is 10.5 Å². The minimum atomic E-state index is -0.519. The Morgan fingerprint density at radius 3 is 2.18 bits per heavy atom. The third kappa shape index (κ3) is 2.49. The van der Waals surface area contributed by atoms with Gasteiger partial charge in [0.15, 0.2) is 0 Å². The largest absolute Gasteiger partial charge is 0.350 e. The van der Waals surface area contributed by atoms with E-state index in [9.17, 15) is 9.59 Å². The van der Waals surface area contributed by atoms with E-state index in [-0.39, 0.29) is 10.7 Å². The Labute approximate surface area is 133 Å². The number of rotatable bonds is 3. The number of para-hydroxylation sites is 1. The maximum atomic E-state index is 12.5. The normalized spacial score (nSPS) is 14.7. The molecule has 1 aliphatic heterocycles. The minimum absolute atomic E-state index is 0.0958. The van der Waals surface area contributed by atoms with Gasteiger partial charge >= 0.3 is 0 Å². The fourth-order valence-electron chi connectivity index (χ4n) is 2.21. The van der Waals surface area contributed by atoms with E-state index in [0.29, 0.717) is 11.4 Å². The molecule has 1 aliphatic rings. The number of nitrogens with one attached hydrogen (secondary N) is 1. The number of imide groups is 1. The van der Waals surface area contributed by atoms with E-state index in [1.807, 2.05) is 37.3 Å². The molecule has 0 spiro atoms. The van der Waals surface area contributed by atoms with Crippen LogP contribution >= 0.6 is 11.6 Å². The van der Waals surface area contributed by atoms with Crippen LogP contribution < -0.4 is 10.2 Å². The fourth-order valence-corrected chi connectivity index (χ4v) is 2.42. The molecule has 0 fully saturated rings. The number of halogens is 1. The Morgan fingerprint density at radius 1 is 0.909 bits per heavy atom. The van der Waals surface area contributed by atoms with Crippen molar-refractivity contribution >= 4 is 34.8 Å². The van der Waals surface area contributed by atoms with Crippen molar-refractivity contribution in [3.63, 3.8) is 0 Å². The Morgan fingerprint density at radius 2 is 1.55 bits per heavy atom. The van der Waals surface area contributed by atoms with Crippen LogP contribution in [0.4, 0.5) is 11.4 Å². The number of carbonyl (C=O) groups excluding carboxylic acids is 2. The average Bonchev–Trinajstić information content (AvgIpc) is 2.73. The van der Waals surface area contributed by atoms with Gasteiger partial charge in [0.2, 0.25) is 0 Å². The van der Waals surface area contributed by atoms with Crippen LogP contribution in [0.2, 0.25) is 0 Å². The molecular weight excluding hydrogens is 300 g/mol. The molecule has 0 aromatic heterocycles. The van der Waals surface area contributed by atoms with E-state index in [4.69, 9.17) is 11.6 Å². The van der Waals surface area contributed by atoms with Gasteiger partial charge in [-0.1, -0.05) is 47.5 Å². The molecule has 1 N–H and O–H groups in total. The van der Waals surface area contributed by atoms with Gasteiger partial charge in [-0.3, -0.25) is 9.59 Å². The summed E-state index contributed by atoms with van der Waals surface area (Å²) in [5.74, 6) is -0.975. The lowest BCUT2D eigenvalue weighted by molar-refractivity contribution is -0.120. The van der Waals surface area contributed by atoms with Gasteiger partial charge in [-0.25, -0.2) is 4.90 Å². The molecule has 0 atom stereocenters. The van der Waals surface area contributed by atoms with Gasteiger partial charge in [-0.2, -0.15) is 0 Å². The second-order valence-corrected chi connectivity index (χ2v) is 5.34. The third-order valence-corrected chi connectivity index (χ3v) is 3.71. The maximum absolute atomic E-state index is 12.5. The smallest absolute Gasteiger partial charge is 0.283 e. The van der Waals surface area contributed by atoms with Crippen molar-refractivity contribution in [2.45, 2.75) is 6.92 Å². The van der Waals surface area contributed by atoms with Gasteiger partial charge < -0.3 is 5.32 Å². The van der Waals surface area contributed by atoms with E-state index in [2.05, 4.69) is 5.32 Å². The van der Waals surface area contributed by atoms with Crippen molar-refractivity contribution in [3.05, 3.63) is 70.9 Å². The summed E-state index contributed by atoms with van der Waals surface area (Å²) < 4.78 is 0. The molecule has 0 unspecified atom stereocenters. The number of anilines is 2. The highest BCUT2D eigenvalue weighted by atomic mass is 35.5. The first-order chi connectivity index (χ1) is 10.6. The SMILES string of the molecule is Cc1ccc(N2C(=O)C(Cl)=C(Nc3ccccc3)C2=O)cc1. The maximum Gasteiger partial charge on any atom is 0.283 e. The number of hydrogen-bond acceptors (Lipinski definition) is 3. The molecule has 0 aliphatic carbocycles. The van der Waals surface area contributed by atoms with Crippen LogP contribution in [0.15, 0.2) is 65.3 Å². The van der Waals surface area contributed by atoms with E-state index in [1.165, 1.54) is 0 Å². The van der Waals surface area contributed by atoms with Crippen LogP contribution in [-0.2, 0) is 9.59 Å². The number of nitrogens with zero attached hydrogens (tertiary/aromatic N) is 1. The van der Waals surface area contributed by atoms with Crippen LogP contribution in [0, 0.1) is 6.92 Å². The van der Waals surface area contributed by atoms with Gasteiger partial charge in [0.25, 0.3) is 11.8 Å². The molecule has 0 saturated carbocycles. The van der Waals surface area contributed by atoms with Crippen LogP contribution in [0.3, 0.4) is 0 Å². The fraction of sp³-hybridized carbons (Fsp3) is 0.0588. The summed E-state index contributed by atoms with van der Waals surface area (Å²) in [6.07, 6.45) is 0. The highest BCUT2D eigenvalue weighted by Crippen LogP contribution is 2.30. The quantitative estimate of drug-likeness (QED) is 0.883. The molecule has 0 bridgehead atoms. The molecule has 22 heavy (non-hydrogen) atoms. The zero-order valence-electron chi connectivity index (χ0n) is 11.8. The second-order valence-electron chi connectivity index (χ2n) is 4.96. The molecular formula is C17H13ClN2O2. The predicted octanol–water partition coefficient (Wildman–Crippen LogP) is 3.43. The standard InChI is InChI=1S/C17H13ClN2O2/c1-11-7-9-13(10-8-11)20-16(21)14(18)15(17(20)22)19-12-5-3-2-4-6-12/h2-10,19H,1H3. The van der Waals surface area contributed by atoms with Crippen molar-refractivity contribution in [3.8, 4) is 0 Å². The van der Waals surface area contributed by atoms with Crippen LogP contribution in [0.25, 0.3) is 0 Å². The summed E-state index contributed by atoms with van der Waals surface area (Å²) in [5, 5.41) is 2.82. The summed E-state index contributed by atoms with van der Waals surface area (Å²) >= 11 is 6.05. The molecule has 1 heterocycles. The van der Waals surface area contributed by atoms with Crippen molar-refractivity contribution in [2.75, 3.05) is 10.2 Å². The van der Waals surface area contributed by atoms with Crippen molar-refractivity contribution in [2.24, 2.45) is 0 Å². The first-order valence-corrected chi connectivity index (χ1v) is 7.13. The Balaban J connectivity index is 1.91. The monoisotopic (exact) mass is 312 g/mol. The lowest BCUT2D eigenvalue weighted by Gasteiger charge is -2.15. The lowest BCUT2D eigenvalue weighted by Crippen LogP contribution is -2.32. The summed E-state index contributed by atoms with van der Waals surface area (Å²) in [4.78, 5) is 25.9. The summed E-state index contributed by atoms with van der Waals surface area (Å²) in [6.45, 7) is 1.94. The van der Waals surface area contributed by atoms with Crippen molar-refractivity contribution < 1.29 is 9.59 Å². The molecule has 4 nitrogen and oxygen atoms in total. The highest BCUT2D eigenvalue weighted by Gasteiger charge is 2.38. The van der Waals surface area contributed by atoms with Gasteiger partial charge in [-0.05, 0) is 31.2 Å². The molecule has 5 heteroatoms. The third-order valence-electron chi connectivity index (χ3n) is 3.36.